The van der Waals surface area contributed by atoms with E-state index in [9.17, 15) is 8.42 Å². The van der Waals surface area contributed by atoms with Crippen molar-refractivity contribution in [2.24, 2.45) is 5.73 Å². The fraction of sp³-hybridized carbons (Fsp3) is 0.333. The van der Waals surface area contributed by atoms with Crippen LogP contribution in [0.25, 0.3) is 0 Å². The predicted molar refractivity (Wildman–Crippen MR) is 74.1 cm³/mol. The Bertz CT molecular complexity index is 654. The zero-order valence-electron chi connectivity index (χ0n) is 11.1. The van der Waals surface area contributed by atoms with Crippen LogP contribution >= 0.6 is 0 Å². The van der Waals surface area contributed by atoms with E-state index in [-0.39, 0.29) is 11.4 Å². The van der Waals surface area contributed by atoms with Crippen molar-refractivity contribution >= 4 is 10.0 Å². The number of rotatable bonds is 6. The molecule has 8 heteroatoms. The molecule has 1 unspecified atom stereocenters. The first-order valence-corrected chi connectivity index (χ1v) is 7.72. The Morgan fingerprint density at radius 3 is 2.80 bits per heavy atom. The van der Waals surface area contributed by atoms with Gasteiger partial charge in [0, 0.05) is 25.1 Å². The van der Waals surface area contributed by atoms with E-state index in [1.165, 1.54) is 12.3 Å². The van der Waals surface area contributed by atoms with Crippen LogP contribution in [0, 0.1) is 0 Å². The largest absolute Gasteiger partial charge is 0.347 e. The molecule has 2 aromatic rings. The molecule has 4 N–H and O–H groups in total. The van der Waals surface area contributed by atoms with Gasteiger partial charge in [0.05, 0.1) is 11.7 Å². The van der Waals surface area contributed by atoms with Gasteiger partial charge in [0.1, 0.15) is 10.7 Å². The molecule has 0 radical (unpaired) electrons. The number of imidazole rings is 1. The third kappa shape index (κ3) is 3.03. The zero-order chi connectivity index (χ0) is 14.6. The van der Waals surface area contributed by atoms with E-state index in [2.05, 4.69) is 19.7 Å². The molecular formula is C12H17N5O2S. The minimum absolute atomic E-state index is 0.0641. The van der Waals surface area contributed by atoms with Gasteiger partial charge in [-0.15, -0.1) is 0 Å². The highest BCUT2D eigenvalue weighted by Crippen LogP contribution is 2.18. The van der Waals surface area contributed by atoms with Gasteiger partial charge in [-0.3, -0.25) is 4.98 Å². The highest BCUT2D eigenvalue weighted by atomic mass is 32.2. The van der Waals surface area contributed by atoms with Crippen LogP contribution in [0.4, 0.5) is 0 Å². The second-order valence-corrected chi connectivity index (χ2v) is 5.89. The number of hydrogen-bond acceptors (Lipinski definition) is 5. The first-order chi connectivity index (χ1) is 9.58. The molecule has 7 nitrogen and oxygen atoms in total. The van der Waals surface area contributed by atoms with Gasteiger partial charge in [0.25, 0.3) is 0 Å². The number of aromatic nitrogens is 3. The summed E-state index contributed by atoms with van der Waals surface area (Å²) in [6.07, 6.45) is 5.33. The summed E-state index contributed by atoms with van der Waals surface area (Å²) < 4.78 is 27.5. The smallest absolute Gasteiger partial charge is 0.243 e. The summed E-state index contributed by atoms with van der Waals surface area (Å²) in [7, 11) is -3.69. The number of nitrogens with one attached hydrogen (secondary N) is 2. The molecule has 2 aromatic heterocycles. The van der Waals surface area contributed by atoms with E-state index < -0.39 is 16.1 Å². The first kappa shape index (κ1) is 14.6. The molecule has 20 heavy (non-hydrogen) atoms. The number of aromatic amines is 1. The summed E-state index contributed by atoms with van der Waals surface area (Å²) in [5, 5.41) is 0. The SMILES string of the molecule is CCC(NS(=O)(=O)c1cccnc1CN)c1ncc[nH]1. The summed E-state index contributed by atoms with van der Waals surface area (Å²) in [4.78, 5) is 11.1. The molecule has 0 aliphatic rings. The lowest BCUT2D eigenvalue weighted by Gasteiger charge is -2.16. The van der Waals surface area contributed by atoms with Gasteiger partial charge in [0.15, 0.2) is 0 Å². The molecule has 0 saturated heterocycles. The minimum Gasteiger partial charge on any atom is -0.347 e. The second-order valence-electron chi connectivity index (χ2n) is 4.21. The molecular weight excluding hydrogens is 278 g/mol. The Balaban J connectivity index is 2.31. The fourth-order valence-electron chi connectivity index (χ4n) is 1.87. The van der Waals surface area contributed by atoms with E-state index in [4.69, 9.17) is 5.73 Å². The van der Waals surface area contributed by atoms with Crippen molar-refractivity contribution in [3.8, 4) is 0 Å². The molecule has 0 spiro atoms. The molecule has 108 valence electrons. The van der Waals surface area contributed by atoms with Crippen LogP contribution in [0.1, 0.15) is 30.9 Å². The summed E-state index contributed by atoms with van der Waals surface area (Å²) in [5.41, 5.74) is 5.87. The van der Waals surface area contributed by atoms with Crippen molar-refractivity contribution in [1.29, 1.82) is 0 Å². The van der Waals surface area contributed by atoms with Crippen LogP contribution in [0.15, 0.2) is 35.6 Å². The Kier molecular flexibility index (Phi) is 4.48. The van der Waals surface area contributed by atoms with E-state index in [0.717, 1.165) is 0 Å². The standard InChI is InChI=1S/C12H17N5O2S/c1-2-9(12-15-6-7-16-12)17-20(18,19)11-4-3-5-14-10(11)8-13/h3-7,9,17H,2,8,13H2,1H3,(H,15,16). The summed E-state index contributed by atoms with van der Waals surface area (Å²) in [6.45, 7) is 1.94. The van der Waals surface area contributed by atoms with Gasteiger partial charge in [0.2, 0.25) is 10.0 Å². The molecule has 2 heterocycles. The van der Waals surface area contributed by atoms with E-state index in [0.29, 0.717) is 17.9 Å². The van der Waals surface area contributed by atoms with Crippen molar-refractivity contribution in [3.63, 3.8) is 0 Å². The fourth-order valence-corrected chi connectivity index (χ4v) is 3.36. The van der Waals surface area contributed by atoms with Gasteiger partial charge in [-0.2, -0.15) is 0 Å². The Hall–Kier alpha value is -1.77. The molecule has 0 aromatic carbocycles. The Morgan fingerprint density at radius 2 is 2.20 bits per heavy atom. The maximum atomic E-state index is 12.4. The van der Waals surface area contributed by atoms with Gasteiger partial charge < -0.3 is 10.7 Å². The number of nitrogens with two attached hydrogens (primary N) is 1. The summed E-state index contributed by atoms with van der Waals surface area (Å²) in [5.74, 6) is 0.578. The van der Waals surface area contributed by atoms with Gasteiger partial charge in [-0.25, -0.2) is 18.1 Å². The summed E-state index contributed by atoms with van der Waals surface area (Å²) in [6, 6.07) is 2.65. The van der Waals surface area contributed by atoms with E-state index in [1.54, 1.807) is 18.5 Å². The number of nitrogens with zero attached hydrogens (tertiary/aromatic N) is 2. The average Bonchev–Trinajstić information content (AvgIpc) is 2.98. The van der Waals surface area contributed by atoms with Crippen LogP contribution in [0.5, 0.6) is 0 Å². The highest BCUT2D eigenvalue weighted by Gasteiger charge is 2.24. The van der Waals surface area contributed by atoms with Gasteiger partial charge in [-0.05, 0) is 18.6 Å². The molecule has 0 saturated carbocycles. The molecule has 0 aliphatic heterocycles. The third-order valence-electron chi connectivity index (χ3n) is 2.89. The van der Waals surface area contributed by atoms with Crippen LogP contribution in [-0.4, -0.2) is 23.4 Å². The maximum Gasteiger partial charge on any atom is 0.243 e. The lowest BCUT2D eigenvalue weighted by atomic mass is 10.2. The number of hydrogen-bond donors (Lipinski definition) is 3. The molecule has 0 fully saturated rings. The van der Waals surface area contributed by atoms with E-state index in [1.807, 2.05) is 6.92 Å². The molecule has 0 amide bonds. The second kappa shape index (κ2) is 6.12. The Morgan fingerprint density at radius 1 is 1.40 bits per heavy atom. The molecule has 0 aliphatic carbocycles. The monoisotopic (exact) mass is 295 g/mol. The number of H-pyrrole nitrogens is 1. The van der Waals surface area contributed by atoms with Crippen LogP contribution in [0.2, 0.25) is 0 Å². The lowest BCUT2D eigenvalue weighted by molar-refractivity contribution is 0.538. The first-order valence-electron chi connectivity index (χ1n) is 6.24. The van der Waals surface area contributed by atoms with Crippen molar-refractivity contribution in [2.45, 2.75) is 30.8 Å². The van der Waals surface area contributed by atoms with Crippen molar-refractivity contribution in [2.75, 3.05) is 0 Å². The quantitative estimate of drug-likeness (QED) is 0.725. The predicted octanol–water partition coefficient (Wildman–Crippen LogP) is 0.693. The summed E-state index contributed by atoms with van der Waals surface area (Å²) >= 11 is 0. The Labute approximate surface area is 117 Å². The highest BCUT2D eigenvalue weighted by molar-refractivity contribution is 7.89. The van der Waals surface area contributed by atoms with Crippen molar-refractivity contribution < 1.29 is 8.42 Å². The normalized spacial score (nSPS) is 13.3. The maximum absolute atomic E-state index is 12.4. The molecule has 0 bridgehead atoms. The van der Waals surface area contributed by atoms with Gasteiger partial charge in [-0.1, -0.05) is 6.92 Å². The number of pyridine rings is 1. The molecule has 2 rings (SSSR count). The van der Waals surface area contributed by atoms with Crippen molar-refractivity contribution in [1.82, 2.24) is 19.7 Å². The molecule has 1 atom stereocenters. The lowest BCUT2D eigenvalue weighted by Crippen LogP contribution is -2.30. The van der Waals surface area contributed by atoms with Gasteiger partial charge >= 0.3 is 0 Å². The average molecular weight is 295 g/mol. The minimum atomic E-state index is -3.69. The zero-order valence-corrected chi connectivity index (χ0v) is 11.9. The number of sulfonamides is 1. The van der Waals surface area contributed by atoms with Crippen LogP contribution in [-0.2, 0) is 16.6 Å². The van der Waals surface area contributed by atoms with Crippen molar-refractivity contribution in [3.05, 3.63) is 42.2 Å². The third-order valence-corrected chi connectivity index (χ3v) is 4.43. The van der Waals surface area contributed by atoms with Crippen LogP contribution < -0.4 is 10.5 Å². The van der Waals surface area contributed by atoms with E-state index >= 15 is 0 Å². The van der Waals surface area contributed by atoms with Crippen LogP contribution in [0.3, 0.4) is 0 Å². The topological polar surface area (TPSA) is 114 Å².